The van der Waals surface area contributed by atoms with Crippen molar-refractivity contribution in [2.45, 2.75) is 12.8 Å². The highest BCUT2D eigenvalue weighted by molar-refractivity contribution is 5.75. The maximum atomic E-state index is 6.22. The summed E-state index contributed by atoms with van der Waals surface area (Å²) < 4.78 is 0. The summed E-state index contributed by atoms with van der Waals surface area (Å²) in [5.74, 6) is 0. The van der Waals surface area contributed by atoms with Crippen LogP contribution in [0.4, 0.5) is 5.69 Å². The molecule has 0 unspecified atom stereocenters. The fourth-order valence-electron chi connectivity index (χ4n) is 2.65. The van der Waals surface area contributed by atoms with Crippen LogP contribution in [0.25, 0.3) is 0 Å². The second-order valence-electron chi connectivity index (χ2n) is 5.31. The summed E-state index contributed by atoms with van der Waals surface area (Å²) in [7, 11) is 0. The lowest BCUT2D eigenvalue weighted by atomic mass is 9.94. The van der Waals surface area contributed by atoms with Crippen LogP contribution in [0.15, 0.2) is 78.9 Å². The van der Waals surface area contributed by atoms with E-state index in [-0.39, 0.29) is 8.41 Å². The van der Waals surface area contributed by atoms with E-state index in [1.807, 2.05) is 24.3 Å². The van der Waals surface area contributed by atoms with Crippen molar-refractivity contribution in [2.75, 3.05) is 5.73 Å². The zero-order valence-electron chi connectivity index (χ0n) is 12.6. The van der Waals surface area contributed by atoms with Crippen LogP contribution in [-0.4, -0.2) is 8.41 Å². The summed E-state index contributed by atoms with van der Waals surface area (Å²) >= 11 is 0. The Labute approximate surface area is 134 Å². The normalized spacial score (nSPS) is 10.0. The van der Waals surface area contributed by atoms with Gasteiger partial charge in [0.1, 0.15) is 0 Å². The molecule has 3 aromatic carbocycles. The molecule has 0 aliphatic rings. The van der Waals surface area contributed by atoms with Crippen molar-refractivity contribution in [1.29, 1.82) is 0 Å². The minimum Gasteiger partial charge on any atom is -0.398 e. The van der Waals surface area contributed by atoms with Crippen LogP contribution in [0.5, 0.6) is 0 Å². The van der Waals surface area contributed by atoms with Crippen LogP contribution in [0.2, 0.25) is 0 Å². The van der Waals surface area contributed by atoms with Gasteiger partial charge in [-0.1, -0.05) is 72.8 Å². The molecule has 0 aromatic heterocycles. The first-order chi connectivity index (χ1) is 10.3. The highest BCUT2D eigenvalue weighted by Gasteiger charge is 2.08. The number of nitrogen functional groups attached to an aromatic ring is 1. The Bertz CT molecular complexity index is 708. The molecule has 22 heavy (non-hydrogen) atoms. The van der Waals surface area contributed by atoms with Gasteiger partial charge in [-0.25, -0.2) is 0 Å². The monoisotopic (exact) mass is 284 g/mol. The molecular weight excluding hydrogens is 265 g/mol. The van der Waals surface area contributed by atoms with Gasteiger partial charge >= 0.3 is 0 Å². The molecule has 0 fully saturated rings. The third-order valence-electron chi connectivity index (χ3n) is 3.77. The van der Waals surface area contributed by atoms with Crippen LogP contribution in [0, 0.1) is 0 Å². The first-order valence-corrected chi connectivity index (χ1v) is 7.27. The average molecular weight is 284 g/mol. The van der Waals surface area contributed by atoms with Gasteiger partial charge in [0.2, 0.25) is 0 Å². The number of anilines is 1. The van der Waals surface area contributed by atoms with Gasteiger partial charge in [-0.15, -0.1) is 0 Å². The summed E-state index contributed by atoms with van der Waals surface area (Å²) in [4.78, 5) is 0. The maximum Gasteiger partial charge on any atom is 0.0352 e. The molecule has 0 amide bonds. The van der Waals surface area contributed by atoms with Gasteiger partial charge in [0.05, 0.1) is 0 Å². The van der Waals surface area contributed by atoms with Crippen LogP contribution < -0.4 is 5.73 Å². The summed E-state index contributed by atoms with van der Waals surface area (Å²) in [6.07, 6.45) is 1.81. The van der Waals surface area contributed by atoms with Crippen LogP contribution in [0.1, 0.15) is 22.3 Å². The third-order valence-corrected chi connectivity index (χ3v) is 3.77. The van der Waals surface area contributed by atoms with Gasteiger partial charge in [0.25, 0.3) is 0 Å². The maximum absolute atomic E-state index is 6.22. The SMILES string of the molecule is Nc1cccc(Cc2ccccc2)c1Cc1ccccc1.[B]. The Hall–Kier alpha value is -2.48. The molecule has 2 heteroatoms. The molecule has 0 spiro atoms. The standard InChI is InChI=1S/C20H19N.B/c21-20-13-7-12-18(14-16-8-3-1-4-9-16)19(20)15-17-10-5-2-6-11-17;/h1-13H,14-15,21H2;. The zero-order valence-corrected chi connectivity index (χ0v) is 12.6. The van der Waals surface area contributed by atoms with Crippen molar-refractivity contribution >= 4 is 14.1 Å². The van der Waals surface area contributed by atoms with Gasteiger partial charge in [-0.2, -0.15) is 0 Å². The first-order valence-electron chi connectivity index (χ1n) is 7.27. The van der Waals surface area contributed by atoms with E-state index >= 15 is 0 Å². The quantitative estimate of drug-likeness (QED) is 0.567. The van der Waals surface area contributed by atoms with Crippen molar-refractivity contribution in [3.05, 3.63) is 101 Å². The van der Waals surface area contributed by atoms with E-state index in [4.69, 9.17) is 5.73 Å². The van der Waals surface area contributed by atoms with Crippen LogP contribution in [-0.2, 0) is 12.8 Å². The van der Waals surface area contributed by atoms with Crippen molar-refractivity contribution in [1.82, 2.24) is 0 Å². The predicted octanol–water partition coefficient (Wildman–Crippen LogP) is 4.07. The van der Waals surface area contributed by atoms with Gasteiger partial charge in [-0.05, 0) is 41.2 Å². The molecule has 0 heterocycles. The molecule has 0 saturated carbocycles. The number of rotatable bonds is 4. The number of nitrogens with two attached hydrogens (primary N) is 1. The zero-order chi connectivity index (χ0) is 14.5. The number of hydrogen-bond acceptors (Lipinski definition) is 1. The molecule has 0 aliphatic carbocycles. The Balaban J connectivity index is 0.00000176. The Morgan fingerprint density at radius 3 is 1.73 bits per heavy atom. The molecule has 3 aromatic rings. The van der Waals surface area contributed by atoms with Gasteiger partial charge in [0, 0.05) is 14.1 Å². The molecule has 0 bridgehead atoms. The lowest BCUT2D eigenvalue weighted by Gasteiger charge is -2.13. The summed E-state index contributed by atoms with van der Waals surface area (Å²) in [6, 6.07) is 27.3. The fourth-order valence-corrected chi connectivity index (χ4v) is 2.65. The molecule has 0 atom stereocenters. The molecule has 3 rings (SSSR count). The van der Waals surface area contributed by atoms with E-state index in [0.29, 0.717) is 0 Å². The Kier molecular flexibility index (Phi) is 5.43. The molecule has 107 valence electrons. The fraction of sp³-hybridized carbons (Fsp3) is 0.100. The van der Waals surface area contributed by atoms with Crippen molar-refractivity contribution < 1.29 is 0 Å². The topological polar surface area (TPSA) is 26.0 Å². The largest absolute Gasteiger partial charge is 0.398 e. The second-order valence-corrected chi connectivity index (χ2v) is 5.31. The number of hydrogen-bond donors (Lipinski definition) is 1. The van der Waals surface area contributed by atoms with E-state index < -0.39 is 0 Å². The molecule has 0 saturated heterocycles. The highest BCUT2D eigenvalue weighted by atomic mass is 14.6. The van der Waals surface area contributed by atoms with Crippen molar-refractivity contribution in [3.63, 3.8) is 0 Å². The van der Waals surface area contributed by atoms with Gasteiger partial charge in [0.15, 0.2) is 0 Å². The van der Waals surface area contributed by atoms with E-state index in [2.05, 4.69) is 54.6 Å². The molecular formula is C20H19BN. The average Bonchev–Trinajstić information content (AvgIpc) is 2.53. The van der Waals surface area contributed by atoms with Crippen molar-refractivity contribution in [3.8, 4) is 0 Å². The van der Waals surface area contributed by atoms with Gasteiger partial charge in [-0.3, -0.25) is 0 Å². The Morgan fingerprint density at radius 1 is 0.591 bits per heavy atom. The second kappa shape index (κ2) is 7.51. The van der Waals surface area contributed by atoms with Crippen LogP contribution in [0.3, 0.4) is 0 Å². The van der Waals surface area contributed by atoms with Gasteiger partial charge < -0.3 is 5.73 Å². The van der Waals surface area contributed by atoms with Crippen LogP contribution >= 0.6 is 0 Å². The Morgan fingerprint density at radius 2 is 1.14 bits per heavy atom. The van der Waals surface area contributed by atoms with E-state index in [0.717, 1.165) is 18.5 Å². The van der Waals surface area contributed by atoms with E-state index in [1.54, 1.807) is 0 Å². The summed E-state index contributed by atoms with van der Waals surface area (Å²) in [6.45, 7) is 0. The molecule has 2 N–H and O–H groups in total. The smallest absolute Gasteiger partial charge is 0.0352 e. The lowest BCUT2D eigenvalue weighted by molar-refractivity contribution is 1.09. The summed E-state index contributed by atoms with van der Waals surface area (Å²) in [5, 5.41) is 0. The van der Waals surface area contributed by atoms with Crippen molar-refractivity contribution in [2.24, 2.45) is 0 Å². The minimum atomic E-state index is 0. The first kappa shape index (κ1) is 15.9. The minimum absolute atomic E-state index is 0. The molecule has 1 nitrogen and oxygen atoms in total. The molecule has 0 aliphatic heterocycles. The van der Waals surface area contributed by atoms with E-state index in [9.17, 15) is 0 Å². The third kappa shape index (κ3) is 3.79. The van der Waals surface area contributed by atoms with E-state index in [1.165, 1.54) is 22.3 Å². The molecule has 3 radical (unpaired) electrons. The highest BCUT2D eigenvalue weighted by Crippen LogP contribution is 2.23. The lowest BCUT2D eigenvalue weighted by Crippen LogP contribution is -2.02. The number of benzene rings is 3. The summed E-state index contributed by atoms with van der Waals surface area (Å²) in [5.41, 5.74) is 12.3. The predicted molar refractivity (Wildman–Crippen MR) is 95.1 cm³/mol.